The molecule has 1 saturated heterocycles. The lowest BCUT2D eigenvalue weighted by atomic mass is 9.97. The molecule has 1 fully saturated rings. The Bertz CT molecular complexity index is 308. The number of pyridine rings is 1. The highest BCUT2D eigenvalue weighted by molar-refractivity contribution is 5.32. The molecule has 0 radical (unpaired) electrons. The van der Waals surface area contributed by atoms with E-state index in [1.165, 1.54) is 24.2 Å². The molecule has 2 atom stereocenters. The van der Waals surface area contributed by atoms with E-state index in [0.29, 0.717) is 0 Å². The van der Waals surface area contributed by atoms with Gasteiger partial charge in [0.05, 0.1) is 0 Å². The van der Waals surface area contributed by atoms with E-state index in [-0.39, 0.29) is 0 Å². The van der Waals surface area contributed by atoms with Gasteiger partial charge in [-0.3, -0.25) is 4.98 Å². The molecule has 3 rings (SSSR count). The van der Waals surface area contributed by atoms with E-state index >= 15 is 0 Å². The Morgan fingerprint density at radius 1 is 1.42 bits per heavy atom. The number of hydrogen-bond acceptors (Lipinski definition) is 2. The Labute approximate surface area is 72.0 Å². The minimum absolute atomic E-state index is 0.758. The normalized spacial score (nSPS) is 31.7. The molecule has 62 valence electrons. The molecule has 2 nitrogen and oxygen atoms in total. The van der Waals surface area contributed by atoms with Gasteiger partial charge in [0, 0.05) is 24.4 Å². The third kappa shape index (κ3) is 0.758. The van der Waals surface area contributed by atoms with Gasteiger partial charge in [0.1, 0.15) is 0 Å². The third-order valence-corrected chi connectivity index (χ3v) is 3.12. The molecular formula is C10H12N2. The van der Waals surface area contributed by atoms with Gasteiger partial charge in [-0.1, -0.05) is 6.07 Å². The van der Waals surface area contributed by atoms with E-state index in [9.17, 15) is 0 Å². The summed E-state index contributed by atoms with van der Waals surface area (Å²) in [5, 5.41) is 3.44. The summed E-state index contributed by atoms with van der Waals surface area (Å²) in [6.07, 6.45) is 3.10. The molecule has 1 aromatic heterocycles. The highest BCUT2D eigenvalue weighted by Gasteiger charge is 2.36. The standard InChI is InChI=1S/C10H12N2/c1-2-8-9-6-11-5-7(9)4-10(8)12-3-1/h1-3,7,9,11H,4-6H2/t7-,9+/m0/s1. The minimum atomic E-state index is 0.758. The van der Waals surface area contributed by atoms with Crippen LogP contribution in [-0.2, 0) is 6.42 Å². The summed E-state index contributed by atoms with van der Waals surface area (Å²) in [6.45, 7) is 2.34. The fraction of sp³-hybridized carbons (Fsp3) is 0.500. The topological polar surface area (TPSA) is 24.9 Å². The third-order valence-electron chi connectivity index (χ3n) is 3.12. The van der Waals surface area contributed by atoms with Crippen LogP contribution in [0.3, 0.4) is 0 Å². The average Bonchev–Trinajstić information content (AvgIpc) is 2.62. The van der Waals surface area contributed by atoms with Gasteiger partial charge in [0.25, 0.3) is 0 Å². The monoisotopic (exact) mass is 160 g/mol. The van der Waals surface area contributed by atoms with Crippen LogP contribution in [0.5, 0.6) is 0 Å². The van der Waals surface area contributed by atoms with Gasteiger partial charge >= 0.3 is 0 Å². The number of nitrogens with one attached hydrogen (secondary N) is 1. The largest absolute Gasteiger partial charge is 0.316 e. The van der Waals surface area contributed by atoms with Crippen LogP contribution in [0.4, 0.5) is 0 Å². The Morgan fingerprint density at radius 3 is 3.42 bits per heavy atom. The zero-order chi connectivity index (χ0) is 7.97. The Balaban J connectivity index is 2.09. The molecule has 0 saturated carbocycles. The van der Waals surface area contributed by atoms with Gasteiger partial charge in [-0.15, -0.1) is 0 Å². The maximum Gasteiger partial charge on any atom is 0.0442 e. The van der Waals surface area contributed by atoms with Crippen LogP contribution in [-0.4, -0.2) is 18.1 Å². The first kappa shape index (κ1) is 6.61. The Morgan fingerprint density at radius 2 is 2.42 bits per heavy atom. The Kier molecular flexibility index (Phi) is 1.27. The number of rotatable bonds is 0. The molecule has 1 aromatic rings. The first-order valence-electron chi connectivity index (χ1n) is 4.59. The zero-order valence-corrected chi connectivity index (χ0v) is 6.96. The van der Waals surface area contributed by atoms with Crippen LogP contribution in [0.25, 0.3) is 0 Å². The molecule has 1 aliphatic heterocycles. The van der Waals surface area contributed by atoms with Gasteiger partial charge in [0.15, 0.2) is 0 Å². The smallest absolute Gasteiger partial charge is 0.0442 e. The molecule has 0 spiro atoms. The van der Waals surface area contributed by atoms with Gasteiger partial charge in [0.2, 0.25) is 0 Å². The van der Waals surface area contributed by atoms with Crippen molar-refractivity contribution < 1.29 is 0 Å². The van der Waals surface area contributed by atoms with E-state index in [1.54, 1.807) is 0 Å². The second kappa shape index (κ2) is 2.30. The molecule has 2 heterocycles. The molecule has 0 unspecified atom stereocenters. The maximum atomic E-state index is 4.41. The lowest BCUT2D eigenvalue weighted by molar-refractivity contribution is 0.562. The second-order valence-corrected chi connectivity index (χ2v) is 3.77. The maximum absolute atomic E-state index is 4.41. The molecule has 1 aliphatic carbocycles. The molecule has 2 heteroatoms. The van der Waals surface area contributed by atoms with Crippen molar-refractivity contribution in [3.05, 3.63) is 29.6 Å². The SMILES string of the molecule is c1cnc2c(c1)[C@@H]1CNC[C@@H]1C2. The van der Waals surface area contributed by atoms with Crippen LogP contribution in [0.1, 0.15) is 17.2 Å². The zero-order valence-electron chi connectivity index (χ0n) is 6.96. The molecule has 0 aromatic carbocycles. The van der Waals surface area contributed by atoms with Gasteiger partial charge in [-0.2, -0.15) is 0 Å². The van der Waals surface area contributed by atoms with Crippen molar-refractivity contribution in [3.8, 4) is 0 Å². The lowest BCUT2D eigenvalue weighted by Crippen LogP contribution is -2.10. The molecule has 1 N–H and O–H groups in total. The van der Waals surface area contributed by atoms with Crippen LogP contribution in [0.2, 0.25) is 0 Å². The van der Waals surface area contributed by atoms with Gasteiger partial charge in [-0.05, 0) is 30.5 Å². The molecule has 0 bridgehead atoms. The van der Waals surface area contributed by atoms with Gasteiger partial charge in [-0.25, -0.2) is 0 Å². The van der Waals surface area contributed by atoms with E-state index in [2.05, 4.69) is 22.4 Å². The summed E-state index contributed by atoms with van der Waals surface area (Å²) >= 11 is 0. The van der Waals surface area contributed by atoms with Crippen LogP contribution < -0.4 is 5.32 Å². The predicted octanol–water partition coefficient (Wildman–Crippen LogP) is 0.941. The quantitative estimate of drug-likeness (QED) is 0.611. The van der Waals surface area contributed by atoms with Crippen molar-refractivity contribution in [3.63, 3.8) is 0 Å². The van der Waals surface area contributed by atoms with Crippen LogP contribution in [0.15, 0.2) is 18.3 Å². The summed E-state index contributed by atoms with van der Waals surface area (Å²) in [5.74, 6) is 1.59. The molecular weight excluding hydrogens is 148 g/mol. The molecule has 2 aliphatic rings. The van der Waals surface area contributed by atoms with Crippen molar-refractivity contribution in [1.29, 1.82) is 0 Å². The number of aromatic nitrogens is 1. The van der Waals surface area contributed by atoms with E-state index in [0.717, 1.165) is 18.4 Å². The number of hydrogen-bond donors (Lipinski definition) is 1. The second-order valence-electron chi connectivity index (χ2n) is 3.77. The first-order valence-corrected chi connectivity index (χ1v) is 4.59. The Hall–Kier alpha value is -0.890. The predicted molar refractivity (Wildman–Crippen MR) is 47.0 cm³/mol. The number of fused-ring (bicyclic) bond motifs is 3. The summed E-state index contributed by atoms with van der Waals surface area (Å²) in [6, 6.07) is 4.29. The van der Waals surface area contributed by atoms with E-state index in [4.69, 9.17) is 0 Å². The highest BCUT2D eigenvalue weighted by atomic mass is 14.9. The van der Waals surface area contributed by atoms with Crippen molar-refractivity contribution in [2.45, 2.75) is 12.3 Å². The number of nitrogens with zero attached hydrogens (tertiary/aromatic N) is 1. The summed E-state index contributed by atoms with van der Waals surface area (Å²) in [4.78, 5) is 4.41. The van der Waals surface area contributed by atoms with E-state index in [1.807, 2.05) is 6.20 Å². The fourth-order valence-corrected chi connectivity index (χ4v) is 2.52. The summed E-state index contributed by atoms with van der Waals surface area (Å²) in [7, 11) is 0. The fourth-order valence-electron chi connectivity index (χ4n) is 2.52. The summed E-state index contributed by atoms with van der Waals surface area (Å²) in [5.41, 5.74) is 2.83. The highest BCUT2D eigenvalue weighted by Crippen LogP contribution is 2.38. The van der Waals surface area contributed by atoms with E-state index < -0.39 is 0 Å². The summed E-state index contributed by atoms with van der Waals surface area (Å²) < 4.78 is 0. The van der Waals surface area contributed by atoms with Crippen LogP contribution >= 0.6 is 0 Å². The van der Waals surface area contributed by atoms with Gasteiger partial charge < -0.3 is 5.32 Å². The van der Waals surface area contributed by atoms with Crippen molar-refractivity contribution in [2.24, 2.45) is 5.92 Å². The molecule has 12 heavy (non-hydrogen) atoms. The average molecular weight is 160 g/mol. The first-order chi connectivity index (χ1) is 5.95. The van der Waals surface area contributed by atoms with Crippen LogP contribution in [0, 0.1) is 5.92 Å². The van der Waals surface area contributed by atoms with Crippen molar-refractivity contribution in [2.75, 3.05) is 13.1 Å². The lowest BCUT2D eigenvalue weighted by Gasteiger charge is -2.06. The minimum Gasteiger partial charge on any atom is -0.316 e. The van der Waals surface area contributed by atoms with Crippen molar-refractivity contribution in [1.82, 2.24) is 10.3 Å². The van der Waals surface area contributed by atoms with Crippen molar-refractivity contribution >= 4 is 0 Å². The molecule has 0 amide bonds.